The summed E-state index contributed by atoms with van der Waals surface area (Å²) in [6.07, 6.45) is -16.9. The lowest BCUT2D eigenvalue weighted by Gasteiger charge is -2.44. The van der Waals surface area contributed by atoms with E-state index < -0.39 is 86.3 Å². The molecule has 0 aromatic heterocycles. The first kappa shape index (κ1) is 26.5. The van der Waals surface area contributed by atoms with Crippen LogP contribution < -0.4 is 0 Å². The topological polar surface area (TPSA) is 236 Å². The Morgan fingerprint density at radius 2 is 1.38 bits per heavy atom. The van der Waals surface area contributed by atoms with Crippen LogP contribution in [0.3, 0.4) is 0 Å². The number of aliphatic hydroxyl groups excluding tert-OH is 7. The molecular weight excluding hydrogens is 464 g/mol. The minimum atomic E-state index is -1.86. The summed E-state index contributed by atoms with van der Waals surface area (Å²) >= 11 is 0. The Bertz CT molecular complexity index is 839. The smallest absolute Gasteiger partial charge is 0.342 e. The summed E-state index contributed by atoms with van der Waals surface area (Å²) < 4.78 is 20.9. The van der Waals surface area contributed by atoms with Gasteiger partial charge in [0.25, 0.3) is 0 Å². The van der Waals surface area contributed by atoms with E-state index in [9.17, 15) is 50.8 Å². The van der Waals surface area contributed by atoms with E-state index in [-0.39, 0.29) is 16.9 Å². The van der Waals surface area contributed by atoms with Crippen molar-refractivity contribution < 1.29 is 69.7 Å². The highest BCUT2D eigenvalue weighted by Crippen LogP contribution is 2.30. The van der Waals surface area contributed by atoms with Gasteiger partial charge in [0.15, 0.2) is 12.6 Å². The van der Waals surface area contributed by atoms with Gasteiger partial charge in [-0.3, -0.25) is 0 Å². The first-order chi connectivity index (χ1) is 16.0. The maximum absolute atomic E-state index is 12.4. The number of aromatic hydroxyl groups is 2. The van der Waals surface area contributed by atoms with Crippen molar-refractivity contribution in [3.8, 4) is 11.5 Å². The normalized spacial score (nSPS) is 38.5. The highest BCUT2D eigenvalue weighted by Gasteiger charge is 2.50. The fraction of sp³-hybridized carbons (Fsp3) is 0.650. The maximum Gasteiger partial charge on any atom is 0.342 e. The van der Waals surface area contributed by atoms with Gasteiger partial charge in [-0.15, -0.1) is 0 Å². The largest absolute Gasteiger partial charge is 0.508 e. The van der Waals surface area contributed by atoms with Crippen molar-refractivity contribution in [2.24, 2.45) is 0 Å². The van der Waals surface area contributed by atoms with Crippen molar-refractivity contribution in [3.63, 3.8) is 0 Å². The minimum absolute atomic E-state index is 0.201. The second kappa shape index (κ2) is 10.7. The zero-order chi connectivity index (χ0) is 25.3. The average Bonchev–Trinajstić information content (AvgIpc) is 2.78. The zero-order valence-electron chi connectivity index (χ0n) is 17.9. The summed E-state index contributed by atoms with van der Waals surface area (Å²) in [6.45, 7) is 0.0346. The van der Waals surface area contributed by atoms with Crippen LogP contribution in [0.5, 0.6) is 11.5 Å². The molecule has 14 nitrogen and oxygen atoms in total. The molecule has 10 atom stereocenters. The molecule has 0 amide bonds. The van der Waals surface area contributed by atoms with Crippen LogP contribution in [0.15, 0.2) is 12.1 Å². The number of carbonyl (C=O) groups is 1. The van der Waals surface area contributed by atoms with Gasteiger partial charge in [0.1, 0.15) is 72.5 Å². The number of rotatable bonds is 6. The molecule has 2 aliphatic heterocycles. The molecule has 0 unspecified atom stereocenters. The van der Waals surface area contributed by atoms with E-state index in [0.717, 1.165) is 6.07 Å². The molecule has 14 heteroatoms. The fourth-order valence-corrected chi connectivity index (χ4v) is 3.72. The third-order valence-electron chi connectivity index (χ3n) is 5.67. The minimum Gasteiger partial charge on any atom is -0.508 e. The molecule has 0 spiro atoms. The van der Waals surface area contributed by atoms with Gasteiger partial charge in [0.2, 0.25) is 0 Å². The summed E-state index contributed by atoms with van der Waals surface area (Å²) in [5.74, 6) is -1.85. The van der Waals surface area contributed by atoms with Crippen molar-refractivity contribution in [2.75, 3.05) is 13.2 Å². The molecule has 192 valence electrons. The predicted molar refractivity (Wildman–Crippen MR) is 106 cm³/mol. The Balaban J connectivity index is 1.68. The van der Waals surface area contributed by atoms with Crippen molar-refractivity contribution in [1.29, 1.82) is 0 Å². The van der Waals surface area contributed by atoms with E-state index >= 15 is 0 Å². The Morgan fingerprint density at radius 3 is 1.91 bits per heavy atom. The molecule has 0 radical (unpaired) electrons. The fourth-order valence-electron chi connectivity index (χ4n) is 3.72. The third-order valence-corrected chi connectivity index (χ3v) is 5.67. The molecule has 34 heavy (non-hydrogen) atoms. The lowest BCUT2D eigenvalue weighted by Crippen LogP contribution is -2.63. The van der Waals surface area contributed by atoms with Gasteiger partial charge < -0.3 is 64.9 Å². The Morgan fingerprint density at radius 1 is 0.853 bits per heavy atom. The summed E-state index contributed by atoms with van der Waals surface area (Å²) in [7, 11) is 0. The first-order valence-electron chi connectivity index (χ1n) is 10.3. The molecule has 2 heterocycles. The van der Waals surface area contributed by atoms with Gasteiger partial charge in [-0.05, 0) is 18.6 Å². The van der Waals surface area contributed by atoms with E-state index in [1.54, 1.807) is 0 Å². The van der Waals surface area contributed by atoms with E-state index in [1.165, 1.54) is 13.0 Å². The van der Waals surface area contributed by atoms with E-state index in [2.05, 4.69) is 0 Å². The van der Waals surface area contributed by atoms with E-state index in [1.807, 2.05) is 0 Å². The number of phenols is 2. The number of hydrogen-bond donors (Lipinski definition) is 9. The number of benzene rings is 1. The molecule has 2 aliphatic rings. The van der Waals surface area contributed by atoms with Crippen molar-refractivity contribution in [3.05, 3.63) is 23.3 Å². The van der Waals surface area contributed by atoms with Crippen molar-refractivity contribution in [2.45, 2.75) is 68.3 Å². The second-order valence-electron chi connectivity index (χ2n) is 8.10. The van der Waals surface area contributed by atoms with Gasteiger partial charge in [0.05, 0.1) is 6.61 Å². The van der Waals surface area contributed by atoms with E-state index in [4.69, 9.17) is 18.9 Å². The van der Waals surface area contributed by atoms with Crippen LogP contribution in [0, 0.1) is 6.92 Å². The number of ether oxygens (including phenoxy) is 4. The van der Waals surface area contributed by atoms with Crippen LogP contribution in [0.25, 0.3) is 0 Å². The Hall–Kier alpha value is -2.11. The summed E-state index contributed by atoms with van der Waals surface area (Å²) in [4.78, 5) is 12.4. The molecule has 0 bridgehead atoms. The standard InChI is InChI=1S/C20H28O14/c1-6-2-7(22)3-8(23)11(6)18(30)31-5-10-13(25)15(27)17(29)20(33-10)34-19-16(28)14(26)12(24)9(4-21)32-19/h2-3,9-10,12-17,19-29H,4-5H2,1H3/t9-,10-,12-,13-,14+,15+,16-,17-,19-,20-/m1/s1. The summed E-state index contributed by atoms with van der Waals surface area (Å²) in [5.41, 5.74) is -0.0512. The average molecular weight is 492 g/mol. The molecule has 1 aromatic carbocycles. The monoisotopic (exact) mass is 492 g/mol. The zero-order valence-corrected chi connectivity index (χ0v) is 17.9. The van der Waals surface area contributed by atoms with Gasteiger partial charge in [-0.2, -0.15) is 0 Å². The molecule has 3 rings (SSSR count). The molecule has 0 saturated carbocycles. The molecule has 0 aliphatic carbocycles. The summed E-state index contributed by atoms with van der Waals surface area (Å²) in [5, 5.41) is 89.0. The highest BCUT2D eigenvalue weighted by atomic mass is 16.8. The Labute approximate surface area is 192 Å². The molecule has 9 N–H and O–H groups in total. The van der Waals surface area contributed by atoms with E-state index in [0.29, 0.717) is 0 Å². The van der Waals surface area contributed by atoms with Gasteiger partial charge in [-0.1, -0.05) is 0 Å². The van der Waals surface area contributed by atoms with Crippen LogP contribution in [0.4, 0.5) is 0 Å². The quantitative estimate of drug-likeness (QED) is 0.173. The number of aliphatic hydroxyl groups is 7. The molecule has 1 aromatic rings. The van der Waals surface area contributed by atoms with Crippen molar-refractivity contribution >= 4 is 5.97 Å². The third kappa shape index (κ3) is 5.26. The van der Waals surface area contributed by atoms with Crippen LogP contribution in [-0.2, 0) is 18.9 Å². The SMILES string of the molecule is Cc1cc(O)cc(O)c1C(=O)OC[C@H]1O[C@H](O[C@H]2O[C@H](CO)[C@@H](O)[C@H](O)[C@H]2O)[C@H](O)[C@@H](O)[C@@H]1O. The van der Waals surface area contributed by atoms with Crippen LogP contribution in [0.1, 0.15) is 15.9 Å². The van der Waals surface area contributed by atoms with Gasteiger partial charge in [-0.25, -0.2) is 4.79 Å². The summed E-state index contributed by atoms with van der Waals surface area (Å²) in [6, 6.07) is 2.15. The van der Waals surface area contributed by atoms with Gasteiger partial charge in [0, 0.05) is 6.07 Å². The molecule has 2 fully saturated rings. The van der Waals surface area contributed by atoms with Crippen LogP contribution in [-0.4, -0.2) is 127 Å². The lowest BCUT2D eigenvalue weighted by molar-refractivity contribution is -0.376. The second-order valence-corrected chi connectivity index (χ2v) is 8.10. The molecular formula is C20H28O14. The van der Waals surface area contributed by atoms with Crippen LogP contribution in [0.2, 0.25) is 0 Å². The lowest BCUT2D eigenvalue weighted by atomic mass is 9.98. The predicted octanol–water partition coefficient (Wildman–Crippen LogP) is -3.81. The van der Waals surface area contributed by atoms with Gasteiger partial charge >= 0.3 is 5.97 Å². The highest BCUT2D eigenvalue weighted by molar-refractivity contribution is 5.94. The maximum atomic E-state index is 12.4. The first-order valence-corrected chi connectivity index (χ1v) is 10.3. The number of hydrogen-bond acceptors (Lipinski definition) is 14. The Kier molecular flexibility index (Phi) is 8.30. The van der Waals surface area contributed by atoms with Crippen molar-refractivity contribution in [1.82, 2.24) is 0 Å². The number of esters is 1. The number of aryl methyl sites for hydroxylation is 1. The van der Waals surface area contributed by atoms with Crippen LogP contribution >= 0.6 is 0 Å². The molecule has 2 saturated heterocycles. The number of phenolic OH excluding ortho intramolecular Hbond substituents is 2. The number of carbonyl (C=O) groups excluding carboxylic acids is 1.